The van der Waals surface area contributed by atoms with Crippen molar-refractivity contribution in [3.8, 4) is 0 Å². The van der Waals surface area contributed by atoms with E-state index in [1.54, 1.807) is 11.3 Å². The number of carbonyl (C=O) groups excluding carboxylic acids is 1. The molecular weight excluding hydrogens is 360 g/mol. The topological polar surface area (TPSA) is 68.7 Å². The summed E-state index contributed by atoms with van der Waals surface area (Å²) in [5.41, 5.74) is 4.44. The number of rotatable bonds is 5. The maximum atomic E-state index is 10.9. The quantitative estimate of drug-likeness (QED) is 0.774. The van der Waals surface area contributed by atoms with Crippen LogP contribution in [0.3, 0.4) is 0 Å². The third kappa shape index (κ3) is 4.00. The normalized spacial score (nSPS) is 20.4. The van der Waals surface area contributed by atoms with Crippen LogP contribution in [-0.4, -0.2) is 52.5 Å². The maximum absolute atomic E-state index is 10.9. The number of fused-ring (bicyclic) bond motifs is 1. The fourth-order valence-corrected chi connectivity index (χ4v) is 4.89. The smallest absolute Gasteiger partial charge is 0.209 e. The molecule has 0 bridgehead atoms. The first kappa shape index (κ1) is 18.4. The lowest BCUT2D eigenvalue weighted by Gasteiger charge is -2.32. The highest BCUT2D eigenvalue weighted by Gasteiger charge is 2.23. The number of aliphatic hydroxyl groups is 1. The molecule has 2 aliphatic rings. The number of hydrogen-bond donors (Lipinski definition) is 2. The van der Waals surface area contributed by atoms with Gasteiger partial charge in [-0.1, -0.05) is 12.1 Å². The van der Waals surface area contributed by atoms with E-state index in [-0.39, 0.29) is 0 Å². The van der Waals surface area contributed by atoms with Gasteiger partial charge in [0.2, 0.25) is 6.41 Å². The van der Waals surface area contributed by atoms with Crippen molar-refractivity contribution < 1.29 is 9.90 Å². The first-order valence-electron chi connectivity index (χ1n) is 9.59. The molecule has 4 rings (SSSR count). The summed E-state index contributed by atoms with van der Waals surface area (Å²) >= 11 is 1.66. The van der Waals surface area contributed by atoms with Crippen molar-refractivity contribution >= 4 is 28.6 Å². The fraction of sp³-hybridized carbons (Fsp3) is 0.500. The Labute approximate surface area is 163 Å². The second kappa shape index (κ2) is 7.96. The highest BCUT2D eigenvalue weighted by atomic mass is 32.1. The largest absolute Gasteiger partial charge is 0.387 e. The minimum Gasteiger partial charge on any atom is -0.387 e. The maximum Gasteiger partial charge on any atom is 0.209 e. The van der Waals surface area contributed by atoms with Crippen molar-refractivity contribution in [2.45, 2.75) is 38.8 Å². The lowest BCUT2D eigenvalue weighted by molar-refractivity contribution is -0.119. The Kier molecular flexibility index (Phi) is 5.43. The highest BCUT2D eigenvalue weighted by Crippen LogP contribution is 2.36. The minimum absolute atomic E-state index is 0.419. The van der Waals surface area contributed by atoms with Crippen molar-refractivity contribution in [2.75, 3.05) is 31.5 Å². The van der Waals surface area contributed by atoms with Gasteiger partial charge in [-0.15, -0.1) is 11.3 Å². The van der Waals surface area contributed by atoms with E-state index in [4.69, 9.17) is 0 Å². The Morgan fingerprint density at radius 2 is 2.15 bits per heavy atom. The zero-order chi connectivity index (χ0) is 18.8. The van der Waals surface area contributed by atoms with Crippen molar-refractivity contribution in [3.63, 3.8) is 0 Å². The van der Waals surface area contributed by atoms with Gasteiger partial charge in [-0.25, -0.2) is 4.98 Å². The summed E-state index contributed by atoms with van der Waals surface area (Å²) in [5, 5.41) is 14.5. The second-order valence-electron chi connectivity index (χ2n) is 7.37. The van der Waals surface area contributed by atoms with E-state index in [9.17, 15) is 9.90 Å². The predicted molar refractivity (Wildman–Crippen MR) is 107 cm³/mol. The van der Waals surface area contributed by atoms with Crippen LogP contribution in [0.1, 0.15) is 40.6 Å². The molecule has 6 nitrogen and oxygen atoms in total. The molecule has 7 heteroatoms. The average Bonchev–Trinajstić information content (AvgIpc) is 3.10. The molecule has 1 saturated heterocycles. The van der Waals surface area contributed by atoms with Crippen LogP contribution in [0.2, 0.25) is 0 Å². The molecule has 2 heterocycles. The standard InChI is InChI=1S/C20H26N4O2S/c1-14-15(12-23-8-10-24(13-25)11-9-23)4-2-5-16(14)21-20-22-19-17(26)6-3-7-18(19)27-20/h2,4-5,13,17,26H,3,6-12H2,1H3,(H,21,22). The number of nitrogens with one attached hydrogen (secondary N) is 1. The Bertz CT molecular complexity index is 814. The fourth-order valence-electron chi connectivity index (χ4n) is 3.82. The number of aromatic nitrogens is 1. The average molecular weight is 387 g/mol. The van der Waals surface area contributed by atoms with Crippen molar-refractivity contribution in [2.24, 2.45) is 0 Å². The van der Waals surface area contributed by atoms with Crippen LogP contribution in [0, 0.1) is 6.92 Å². The van der Waals surface area contributed by atoms with E-state index >= 15 is 0 Å². The summed E-state index contributed by atoms with van der Waals surface area (Å²) in [4.78, 5) is 20.9. The van der Waals surface area contributed by atoms with Crippen LogP contribution in [0.5, 0.6) is 0 Å². The molecule has 1 fully saturated rings. The summed E-state index contributed by atoms with van der Waals surface area (Å²) in [5.74, 6) is 0. The number of piperazine rings is 1. The van der Waals surface area contributed by atoms with Crippen LogP contribution in [0.25, 0.3) is 0 Å². The van der Waals surface area contributed by atoms with Crippen LogP contribution < -0.4 is 5.32 Å². The highest BCUT2D eigenvalue weighted by molar-refractivity contribution is 7.15. The summed E-state index contributed by atoms with van der Waals surface area (Å²) in [7, 11) is 0. The molecular formula is C20H26N4O2S. The van der Waals surface area contributed by atoms with Crippen molar-refractivity contribution in [3.05, 3.63) is 39.9 Å². The predicted octanol–water partition coefficient (Wildman–Crippen LogP) is 2.84. The third-order valence-corrected chi connectivity index (χ3v) is 6.61. The van der Waals surface area contributed by atoms with Gasteiger partial charge in [-0.3, -0.25) is 9.69 Å². The molecule has 1 aromatic heterocycles. The van der Waals surface area contributed by atoms with E-state index in [0.717, 1.165) is 74.9 Å². The van der Waals surface area contributed by atoms with E-state index in [1.807, 2.05) is 4.90 Å². The Morgan fingerprint density at radius 1 is 1.33 bits per heavy atom. The number of hydrogen-bond acceptors (Lipinski definition) is 6. The SMILES string of the molecule is Cc1c(CN2CCN(C=O)CC2)cccc1Nc1nc2c(s1)CCCC2O. The monoisotopic (exact) mass is 386 g/mol. The lowest BCUT2D eigenvalue weighted by atomic mass is 10.0. The van der Waals surface area contributed by atoms with E-state index in [2.05, 4.69) is 40.3 Å². The zero-order valence-corrected chi connectivity index (χ0v) is 16.5. The Hall–Kier alpha value is -1.96. The molecule has 1 amide bonds. The zero-order valence-electron chi connectivity index (χ0n) is 15.6. The Morgan fingerprint density at radius 3 is 2.89 bits per heavy atom. The number of nitrogens with zero attached hydrogens (tertiary/aromatic N) is 3. The summed E-state index contributed by atoms with van der Waals surface area (Å²) in [6.45, 7) is 6.45. The molecule has 1 atom stereocenters. The van der Waals surface area contributed by atoms with Crippen molar-refractivity contribution in [1.29, 1.82) is 0 Å². The first-order valence-corrected chi connectivity index (χ1v) is 10.4. The third-order valence-electron chi connectivity index (χ3n) is 5.56. The van der Waals surface area contributed by atoms with Gasteiger partial charge in [-0.05, 0) is 43.4 Å². The van der Waals surface area contributed by atoms with Crippen LogP contribution >= 0.6 is 11.3 Å². The lowest BCUT2D eigenvalue weighted by Crippen LogP contribution is -2.45. The van der Waals surface area contributed by atoms with Gasteiger partial charge in [0.15, 0.2) is 5.13 Å². The molecule has 0 spiro atoms. The van der Waals surface area contributed by atoms with Gasteiger partial charge in [-0.2, -0.15) is 0 Å². The van der Waals surface area contributed by atoms with Gasteiger partial charge in [0, 0.05) is 43.3 Å². The van der Waals surface area contributed by atoms with Gasteiger partial charge in [0.1, 0.15) is 0 Å². The van der Waals surface area contributed by atoms with E-state index in [1.165, 1.54) is 16.0 Å². The summed E-state index contributed by atoms with van der Waals surface area (Å²) in [6, 6.07) is 6.33. The minimum atomic E-state index is -0.419. The molecule has 0 saturated carbocycles. The Balaban J connectivity index is 1.47. The number of aryl methyl sites for hydroxylation is 1. The van der Waals surface area contributed by atoms with Crippen LogP contribution in [0.15, 0.2) is 18.2 Å². The number of benzene rings is 1. The van der Waals surface area contributed by atoms with E-state index < -0.39 is 6.10 Å². The molecule has 2 aromatic rings. The van der Waals surface area contributed by atoms with Gasteiger partial charge in [0.05, 0.1) is 11.8 Å². The van der Waals surface area contributed by atoms with Gasteiger partial charge >= 0.3 is 0 Å². The molecule has 144 valence electrons. The molecule has 2 N–H and O–H groups in total. The van der Waals surface area contributed by atoms with Crippen molar-refractivity contribution in [1.82, 2.24) is 14.8 Å². The number of amides is 1. The summed E-state index contributed by atoms with van der Waals surface area (Å²) < 4.78 is 0. The van der Waals surface area contributed by atoms with Crippen LogP contribution in [0.4, 0.5) is 10.8 Å². The second-order valence-corrected chi connectivity index (χ2v) is 8.45. The first-order chi connectivity index (χ1) is 13.1. The van der Waals surface area contributed by atoms with Gasteiger partial charge < -0.3 is 15.3 Å². The molecule has 1 aliphatic heterocycles. The number of carbonyl (C=O) groups is 1. The number of anilines is 2. The molecule has 27 heavy (non-hydrogen) atoms. The molecule has 1 aliphatic carbocycles. The summed E-state index contributed by atoms with van der Waals surface area (Å²) in [6.07, 6.45) is 3.37. The number of thiazole rings is 1. The molecule has 0 radical (unpaired) electrons. The van der Waals surface area contributed by atoms with E-state index in [0.29, 0.717) is 0 Å². The van der Waals surface area contributed by atoms with Gasteiger partial charge in [0.25, 0.3) is 0 Å². The number of aliphatic hydroxyl groups excluding tert-OH is 1. The molecule has 1 aromatic carbocycles. The van der Waals surface area contributed by atoms with Crippen LogP contribution in [-0.2, 0) is 17.8 Å². The molecule has 1 unspecified atom stereocenters.